The van der Waals surface area contributed by atoms with Crippen molar-refractivity contribution in [1.82, 2.24) is 4.90 Å². The van der Waals surface area contributed by atoms with Crippen LogP contribution in [0.4, 0.5) is 0 Å². The first-order valence-electron chi connectivity index (χ1n) is 7.19. The van der Waals surface area contributed by atoms with Crippen LogP contribution < -0.4 is 0 Å². The highest BCUT2D eigenvalue weighted by molar-refractivity contribution is 9.10. The van der Waals surface area contributed by atoms with Crippen molar-refractivity contribution in [3.05, 3.63) is 33.8 Å². The summed E-state index contributed by atoms with van der Waals surface area (Å²) in [5.41, 5.74) is 2.70. The van der Waals surface area contributed by atoms with Crippen LogP contribution >= 0.6 is 15.9 Å². The lowest BCUT2D eigenvalue weighted by Crippen LogP contribution is -2.41. The lowest BCUT2D eigenvalue weighted by atomic mass is 9.97. The molecule has 1 heterocycles. The second-order valence-corrected chi connectivity index (χ2v) is 6.94. The van der Waals surface area contributed by atoms with Gasteiger partial charge < -0.3 is 4.90 Å². The molecule has 1 unspecified atom stereocenters. The van der Waals surface area contributed by atoms with Gasteiger partial charge in [-0.2, -0.15) is 0 Å². The highest BCUT2D eigenvalue weighted by Crippen LogP contribution is 2.31. The first-order chi connectivity index (χ1) is 9.13. The zero-order valence-corrected chi connectivity index (χ0v) is 12.9. The van der Waals surface area contributed by atoms with Gasteiger partial charge in [-0.25, -0.2) is 0 Å². The van der Waals surface area contributed by atoms with Gasteiger partial charge >= 0.3 is 0 Å². The second-order valence-electron chi connectivity index (χ2n) is 6.03. The third kappa shape index (κ3) is 2.71. The number of halogens is 1. The molecule has 3 heteroatoms. The predicted octanol–water partition coefficient (Wildman–Crippen LogP) is 3.42. The summed E-state index contributed by atoms with van der Waals surface area (Å²) in [6.45, 7) is 4.19. The van der Waals surface area contributed by atoms with Crippen molar-refractivity contribution in [2.24, 2.45) is 11.8 Å². The Hall–Kier alpha value is -0.830. The average Bonchev–Trinajstić information content (AvgIpc) is 2.81. The van der Waals surface area contributed by atoms with Crippen molar-refractivity contribution in [3.8, 4) is 0 Å². The molecule has 1 atom stereocenters. The first-order valence-corrected chi connectivity index (χ1v) is 7.99. The summed E-state index contributed by atoms with van der Waals surface area (Å²) in [7, 11) is 0. The Labute approximate surface area is 123 Å². The maximum atomic E-state index is 12.6. The number of carbonyl (C=O) groups excluding carboxylic acids is 1. The van der Waals surface area contributed by atoms with Gasteiger partial charge in [0.15, 0.2) is 0 Å². The number of amides is 1. The summed E-state index contributed by atoms with van der Waals surface area (Å²) < 4.78 is 1.12. The minimum atomic E-state index is 0.178. The van der Waals surface area contributed by atoms with Crippen LogP contribution in [0.2, 0.25) is 0 Å². The summed E-state index contributed by atoms with van der Waals surface area (Å²) in [4.78, 5) is 14.7. The Morgan fingerprint density at radius 3 is 2.63 bits per heavy atom. The number of nitrogens with zero attached hydrogens (tertiary/aromatic N) is 1. The van der Waals surface area contributed by atoms with Crippen LogP contribution in [0.1, 0.15) is 30.9 Å². The average molecular weight is 322 g/mol. The molecule has 3 rings (SSSR count). The number of likely N-dealkylation sites (tertiary alicyclic amines) is 1. The molecule has 19 heavy (non-hydrogen) atoms. The van der Waals surface area contributed by atoms with E-state index in [9.17, 15) is 4.79 Å². The maximum Gasteiger partial charge on any atom is 0.226 e. The summed E-state index contributed by atoms with van der Waals surface area (Å²) in [6, 6.07) is 6.40. The largest absolute Gasteiger partial charge is 0.342 e. The number of benzene rings is 1. The molecule has 1 aliphatic heterocycles. The van der Waals surface area contributed by atoms with Gasteiger partial charge in [-0.05, 0) is 54.9 Å². The Balaban J connectivity index is 1.67. The Bertz CT molecular complexity index is 492. The molecule has 0 N–H and O–H groups in total. The minimum absolute atomic E-state index is 0.178. The van der Waals surface area contributed by atoms with Crippen LogP contribution in [0.5, 0.6) is 0 Å². The minimum Gasteiger partial charge on any atom is -0.342 e. The van der Waals surface area contributed by atoms with Gasteiger partial charge in [0.05, 0.1) is 0 Å². The zero-order chi connectivity index (χ0) is 13.4. The van der Waals surface area contributed by atoms with Gasteiger partial charge in [0.25, 0.3) is 0 Å². The summed E-state index contributed by atoms with van der Waals surface area (Å²) in [6.07, 6.45) is 4.17. The first kappa shape index (κ1) is 13.2. The van der Waals surface area contributed by atoms with Gasteiger partial charge in [-0.1, -0.05) is 28.9 Å². The lowest BCUT2D eigenvalue weighted by molar-refractivity contribution is -0.136. The van der Waals surface area contributed by atoms with E-state index in [1.54, 1.807) is 0 Å². The molecule has 2 aliphatic rings. The lowest BCUT2D eigenvalue weighted by Gasteiger charge is -2.32. The molecule has 0 aromatic heterocycles. The normalized spacial score (nSPS) is 23.5. The number of rotatable bonds is 1. The van der Waals surface area contributed by atoms with E-state index in [4.69, 9.17) is 0 Å². The Kier molecular flexibility index (Phi) is 3.66. The van der Waals surface area contributed by atoms with E-state index >= 15 is 0 Å². The van der Waals surface area contributed by atoms with Crippen molar-refractivity contribution in [2.45, 2.75) is 32.6 Å². The van der Waals surface area contributed by atoms with Gasteiger partial charge in [0.2, 0.25) is 5.91 Å². The van der Waals surface area contributed by atoms with Gasteiger partial charge in [-0.15, -0.1) is 0 Å². The van der Waals surface area contributed by atoms with Crippen molar-refractivity contribution in [3.63, 3.8) is 0 Å². The maximum absolute atomic E-state index is 12.6. The van der Waals surface area contributed by atoms with Gasteiger partial charge in [-0.3, -0.25) is 4.79 Å². The van der Waals surface area contributed by atoms with Crippen LogP contribution in [0.25, 0.3) is 0 Å². The monoisotopic (exact) mass is 321 g/mol. The van der Waals surface area contributed by atoms with E-state index in [-0.39, 0.29) is 5.92 Å². The number of carbonyl (C=O) groups is 1. The topological polar surface area (TPSA) is 20.3 Å². The molecule has 1 aliphatic carbocycles. The predicted molar refractivity (Wildman–Crippen MR) is 80.0 cm³/mol. The molecule has 0 bridgehead atoms. The van der Waals surface area contributed by atoms with Crippen LogP contribution in [-0.2, 0) is 17.6 Å². The van der Waals surface area contributed by atoms with Crippen molar-refractivity contribution in [1.29, 1.82) is 0 Å². The number of hydrogen-bond acceptors (Lipinski definition) is 1. The van der Waals surface area contributed by atoms with Crippen LogP contribution in [-0.4, -0.2) is 23.9 Å². The van der Waals surface area contributed by atoms with Gasteiger partial charge in [0, 0.05) is 23.5 Å². The highest BCUT2D eigenvalue weighted by Gasteiger charge is 2.31. The molecule has 1 fully saturated rings. The molecule has 0 saturated carbocycles. The van der Waals surface area contributed by atoms with Crippen molar-refractivity contribution < 1.29 is 4.79 Å². The summed E-state index contributed by atoms with van der Waals surface area (Å²) in [5.74, 6) is 1.33. The third-order valence-electron chi connectivity index (χ3n) is 4.55. The fourth-order valence-electron chi connectivity index (χ4n) is 3.25. The standard InChI is InChI=1S/C16H20BrNO/c1-11-4-6-18(7-5-11)16(19)14-8-12-2-3-15(17)10-13(12)9-14/h2-3,10-11,14H,4-9H2,1H3. The van der Waals surface area contributed by atoms with Crippen molar-refractivity contribution in [2.75, 3.05) is 13.1 Å². The molecule has 102 valence electrons. The molecule has 1 amide bonds. The Morgan fingerprint density at radius 2 is 1.89 bits per heavy atom. The number of fused-ring (bicyclic) bond motifs is 1. The fraction of sp³-hybridized carbons (Fsp3) is 0.562. The fourth-order valence-corrected chi connectivity index (χ4v) is 3.66. The van der Waals surface area contributed by atoms with E-state index in [0.717, 1.165) is 49.2 Å². The SMILES string of the molecule is CC1CCN(C(=O)C2Cc3ccc(Br)cc3C2)CC1. The summed E-state index contributed by atoms with van der Waals surface area (Å²) in [5, 5.41) is 0. The van der Waals surface area contributed by atoms with E-state index in [0.29, 0.717) is 5.91 Å². The molecule has 1 aromatic rings. The van der Waals surface area contributed by atoms with E-state index in [1.165, 1.54) is 11.1 Å². The molecule has 0 radical (unpaired) electrons. The third-order valence-corrected chi connectivity index (χ3v) is 5.04. The number of hydrogen-bond donors (Lipinski definition) is 0. The molecule has 2 nitrogen and oxygen atoms in total. The highest BCUT2D eigenvalue weighted by atomic mass is 79.9. The van der Waals surface area contributed by atoms with Crippen LogP contribution in [0, 0.1) is 11.8 Å². The zero-order valence-electron chi connectivity index (χ0n) is 11.4. The molecule has 1 saturated heterocycles. The smallest absolute Gasteiger partial charge is 0.226 e. The quantitative estimate of drug-likeness (QED) is 0.776. The molecule has 1 aromatic carbocycles. The number of piperidine rings is 1. The molecule has 0 spiro atoms. The molecular formula is C16H20BrNO. The van der Waals surface area contributed by atoms with Crippen molar-refractivity contribution >= 4 is 21.8 Å². The van der Waals surface area contributed by atoms with Crippen LogP contribution in [0.3, 0.4) is 0 Å². The van der Waals surface area contributed by atoms with E-state index < -0.39 is 0 Å². The second kappa shape index (κ2) is 5.28. The summed E-state index contributed by atoms with van der Waals surface area (Å²) >= 11 is 3.51. The van der Waals surface area contributed by atoms with Crippen LogP contribution in [0.15, 0.2) is 22.7 Å². The van der Waals surface area contributed by atoms with E-state index in [1.807, 2.05) is 0 Å². The van der Waals surface area contributed by atoms with E-state index in [2.05, 4.69) is 46.0 Å². The molecular weight excluding hydrogens is 302 g/mol. The van der Waals surface area contributed by atoms with Gasteiger partial charge in [0.1, 0.15) is 0 Å². The Morgan fingerprint density at radius 1 is 1.21 bits per heavy atom.